The Labute approximate surface area is 137 Å². The van der Waals surface area contributed by atoms with Gasteiger partial charge in [0, 0.05) is 25.3 Å². The Kier molecular flexibility index (Phi) is 5.08. The molecule has 1 aliphatic rings. The summed E-state index contributed by atoms with van der Waals surface area (Å²) in [4.78, 5) is 14.9. The molecule has 0 bridgehead atoms. The van der Waals surface area contributed by atoms with Crippen LogP contribution < -0.4 is 5.32 Å². The van der Waals surface area contributed by atoms with E-state index in [1.165, 1.54) is 6.42 Å². The number of benzene rings is 1. The smallest absolute Gasteiger partial charge is 0.254 e. The zero-order valence-electron chi connectivity index (χ0n) is 13.6. The molecular weight excluding hydrogens is 288 g/mol. The number of piperidine rings is 1. The summed E-state index contributed by atoms with van der Waals surface area (Å²) in [5.41, 5.74) is 1.57. The second-order valence-corrected chi connectivity index (χ2v) is 6.10. The summed E-state index contributed by atoms with van der Waals surface area (Å²) in [6, 6.07) is 10.1. The van der Waals surface area contributed by atoms with Crippen molar-refractivity contribution < 1.29 is 4.79 Å². The van der Waals surface area contributed by atoms with Crippen LogP contribution in [-0.4, -0.2) is 46.3 Å². The maximum Gasteiger partial charge on any atom is 0.254 e. The number of hydrogen-bond acceptors (Lipinski definition) is 3. The van der Waals surface area contributed by atoms with E-state index >= 15 is 0 Å². The maximum absolute atomic E-state index is 12.4. The number of amides is 1. The van der Waals surface area contributed by atoms with Gasteiger partial charge < -0.3 is 10.2 Å². The van der Waals surface area contributed by atoms with Gasteiger partial charge >= 0.3 is 0 Å². The summed E-state index contributed by atoms with van der Waals surface area (Å²) in [5, 5.41) is 7.43. The van der Waals surface area contributed by atoms with Crippen LogP contribution >= 0.6 is 0 Å². The molecule has 0 atom stereocenters. The topological polar surface area (TPSA) is 50.2 Å². The minimum absolute atomic E-state index is 0.0267. The van der Waals surface area contributed by atoms with Crippen LogP contribution in [0.4, 0.5) is 0 Å². The molecule has 2 aromatic rings. The minimum atomic E-state index is -0.0267. The van der Waals surface area contributed by atoms with E-state index in [1.807, 2.05) is 30.3 Å². The third kappa shape index (κ3) is 3.99. The van der Waals surface area contributed by atoms with Crippen molar-refractivity contribution in [3.05, 3.63) is 48.3 Å². The van der Waals surface area contributed by atoms with Gasteiger partial charge in [0.15, 0.2) is 0 Å². The molecule has 122 valence electrons. The van der Waals surface area contributed by atoms with Gasteiger partial charge in [0.05, 0.1) is 17.4 Å². The van der Waals surface area contributed by atoms with Crippen LogP contribution in [0.3, 0.4) is 0 Å². The van der Waals surface area contributed by atoms with Gasteiger partial charge in [-0.1, -0.05) is 25.1 Å². The van der Waals surface area contributed by atoms with Gasteiger partial charge in [0.25, 0.3) is 5.91 Å². The van der Waals surface area contributed by atoms with Gasteiger partial charge in [-0.05, 0) is 37.9 Å². The number of aromatic nitrogens is 2. The Morgan fingerprint density at radius 3 is 2.70 bits per heavy atom. The van der Waals surface area contributed by atoms with E-state index in [-0.39, 0.29) is 11.9 Å². The summed E-state index contributed by atoms with van der Waals surface area (Å²) < 4.78 is 1.73. The van der Waals surface area contributed by atoms with Crippen LogP contribution in [0, 0.1) is 0 Å². The molecule has 1 amide bonds. The lowest BCUT2D eigenvalue weighted by molar-refractivity contribution is 0.0911. The predicted molar refractivity (Wildman–Crippen MR) is 90.8 cm³/mol. The number of rotatable bonds is 5. The van der Waals surface area contributed by atoms with Crippen molar-refractivity contribution in [1.82, 2.24) is 20.0 Å². The van der Waals surface area contributed by atoms with Crippen LogP contribution in [0.15, 0.2) is 42.7 Å². The highest BCUT2D eigenvalue weighted by molar-refractivity contribution is 5.94. The number of hydrogen-bond donors (Lipinski definition) is 1. The van der Waals surface area contributed by atoms with Crippen molar-refractivity contribution in [2.24, 2.45) is 0 Å². The van der Waals surface area contributed by atoms with Crippen LogP contribution in [0.1, 0.15) is 36.5 Å². The fourth-order valence-electron chi connectivity index (χ4n) is 3.05. The molecule has 1 aromatic carbocycles. The van der Waals surface area contributed by atoms with Crippen molar-refractivity contribution in [2.75, 3.05) is 19.6 Å². The quantitative estimate of drug-likeness (QED) is 0.923. The summed E-state index contributed by atoms with van der Waals surface area (Å²) in [7, 11) is 0. The van der Waals surface area contributed by atoms with E-state index in [2.05, 4.69) is 22.2 Å². The normalized spacial score (nSPS) is 16.4. The van der Waals surface area contributed by atoms with Gasteiger partial charge in [0.1, 0.15) is 0 Å². The average Bonchev–Trinajstić information content (AvgIpc) is 3.08. The number of nitrogens with zero attached hydrogens (tertiary/aromatic N) is 3. The second kappa shape index (κ2) is 7.42. The van der Waals surface area contributed by atoms with Gasteiger partial charge in [-0.3, -0.25) is 4.79 Å². The molecule has 1 saturated heterocycles. The number of carbonyl (C=O) groups excluding carboxylic acids is 1. The molecule has 3 rings (SSSR count). The summed E-state index contributed by atoms with van der Waals surface area (Å²) in [5.74, 6) is -0.0267. The molecule has 0 spiro atoms. The van der Waals surface area contributed by atoms with Crippen molar-refractivity contribution in [3.63, 3.8) is 0 Å². The number of nitrogens with one attached hydrogen (secondary N) is 1. The second-order valence-electron chi connectivity index (χ2n) is 6.10. The molecule has 1 fully saturated rings. The molecule has 23 heavy (non-hydrogen) atoms. The average molecular weight is 312 g/mol. The molecule has 1 aromatic heterocycles. The van der Waals surface area contributed by atoms with E-state index in [9.17, 15) is 4.79 Å². The monoisotopic (exact) mass is 312 g/mol. The summed E-state index contributed by atoms with van der Waals surface area (Å²) in [6.07, 6.45) is 6.66. The Balaban J connectivity index is 1.56. The first kappa shape index (κ1) is 15.7. The van der Waals surface area contributed by atoms with E-state index < -0.39 is 0 Å². The molecule has 5 heteroatoms. The van der Waals surface area contributed by atoms with E-state index in [0.717, 1.165) is 38.2 Å². The first-order valence-electron chi connectivity index (χ1n) is 8.39. The lowest BCUT2D eigenvalue weighted by Gasteiger charge is -2.31. The van der Waals surface area contributed by atoms with Crippen molar-refractivity contribution >= 4 is 5.91 Å². The fraction of sp³-hybridized carbons (Fsp3) is 0.444. The lowest BCUT2D eigenvalue weighted by Crippen LogP contribution is -2.44. The standard InChI is InChI=1S/C18H24N4O/c1-2-10-21-11-8-16(9-12-21)20-18(23)15-13-19-22(14-15)17-6-4-3-5-7-17/h3-7,13-14,16H,2,8-12H2,1H3,(H,20,23). The fourth-order valence-corrected chi connectivity index (χ4v) is 3.05. The van der Waals surface area contributed by atoms with Crippen molar-refractivity contribution in [1.29, 1.82) is 0 Å². The summed E-state index contributed by atoms with van der Waals surface area (Å²) in [6.45, 7) is 5.51. The Morgan fingerprint density at radius 2 is 2.00 bits per heavy atom. The molecular formula is C18H24N4O. The summed E-state index contributed by atoms with van der Waals surface area (Å²) >= 11 is 0. The molecule has 0 aliphatic carbocycles. The first-order valence-corrected chi connectivity index (χ1v) is 8.39. The van der Waals surface area contributed by atoms with E-state index in [4.69, 9.17) is 0 Å². The van der Waals surface area contributed by atoms with Crippen LogP contribution in [-0.2, 0) is 0 Å². The maximum atomic E-state index is 12.4. The predicted octanol–water partition coefficient (Wildman–Crippen LogP) is 2.48. The number of para-hydroxylation sites is 1. The highest BCUT2D eigenvalue weighted by atomic mass is 16.1. The van der Waals surface area contributed by atoms with Crippen molar-refractivity contribution in [3.8, 4) is 5.69 Å². The Bertz CT molecular complexity index is 629. The molecule has 1 aliphatic heterocycles. The largest absolute Gasteiger partial charge is 0.349 e. The highest BCUT2D eigenvalue weighted by Crippen LogP contribution is 2.12. The SMILES string of the molecule is CCCN1CCC(NC(=O)c2cnn(-c3ccccc3)c2)CC1. The van der Waals surface area contributed by atoms with Gasteiger partial charge in [-0.25, -0.2) is 4.68 Å². The highest BCUT2D eigenvalue weighted by Gasteiger charge is 2.21. The third-order valence-corrected chi connectivity index (χ3v) is 4.33. The molecule has 2 heterocycles. The Hall–Kier alpha value is -2.14. The molecule has 0 saturated carbocycles. The van der Waals surface area contributed by atoms with Crippen LogP contribution in [0.25, 0.3) is 5.69 Å². The Morgan fingerprint density at radius 1 is 1.26 bits per heavy atom. The lowest BCUT2D eigenvalue weighted by atomic mass is 10.0. The van der Waals surface area contributed by atoms with Crippen LogP contribution in [0.2, 0.25) is 0 Å². The molecule has 0 unspecified atom stereocenters. The van der Waals surface area contributed by atoms with Crippen LogP contribution in [0.5, 0.6) is 0 Å². The van der Waals surface area contributed by atoms with Gasteiger partial charge in [0.2, 0.25) is 0 Å². The van der Waals surface area contributed by atoms with Crippen molar-refractivity contribution in [2.45, 2.75) is 32.2 Å². The molecule has 1 N–H and O–H groups in total. The zero-order chi connectivity index (χ0) is 16.1. The zero-order valence-corrected chi connectivity index (χ0v) is 13.6. The van der Waals surface area contributed by atoms with E-state index in [0.29, 0.717) is 5.56 Å². The molecule has 0 radical (unpaired) electrons. The van der Waals surface area contributed by atoms with E-state index in [1.54, 1.807) is 17.1 Å². The van der Waals surface area contributed by atoms with Gasteiger partial charge in [-0.2, -0.15) is 5.10 Å². The molecule has 5 nitrogen and oxygen atoms in total. The third-order valence-electron chi connectivity index (χ3n) is 4.33. The van der Waals surface area contributed by atoms with Gasteiger partial charge in [-0.15, -0.1) is 0 Å². The first-order chi connectivity index (χ1) is 11.3. The number of likely N-dealkylation sites (tertiary alicyclic amines) is 1. The minimum Gasteiger partial charge on any atom is -0.349 e. The number of carbonyl (C=O) groups is 1.